The standard InChI is InChI=1S/C25H32N4O6S/c1-34-21-9-5-18(6-10-21)13-14-28-23(20-7-11-22(35-2)12-8-20)16-29(25(28)31)27-36(32,33)17-24(30)26-15-19-3-4-19/h5-12,19,23,27H,3-4,13-17H2,1-2H3,(H,26,30)/t23-/m0/s1. The monoisotopic (exact) mass is 516 g/mol. The van der Waals surface area contributed by atoms with Gasteiger partial charge in [0.05, 0.1) is 26.8 Å². The van der Waals surface area contributed by atoms with Crippen molar-refractivity contribution in [2.24, 2.45) is 5.92 Å². The molecule has 0 radical (unpaired) electrons. The third-order valence-electron chi connectivity index (χ3n) is 6.36. The number of carbonyl (C=O) groups is 2. The van der Waals surface area contributed by atoms with Crippen molar-refractivity contribution in [3.63, 3.8) is 0 Å². The van der Waals surface area contributed by atoms with E-state index in [1.165, 1.54) is 0 Å². The van der Waals surface area contributed by atoms with E-state index in [9.17, 15) is 18.0 Å². The van der Waals surface area contributed by atoms with Crippen LogP contribution in [-0.4, -0.2) is 69.9 Å². The lowest BCUT2D eigenvalue weighted by atomic mass is 10.1. The van der Waals surface area contributed by atoms with Crippen molar-refractivity contribution in [2.45, 2.75) is 25.3 Å². The molecule has 2 aromatic carbocycles. The Balaban J connectivity index is 1.46. The maximum absolute atomic E-state index is 13.3. The van der Waals surface area contributed by atoms with Crippen LogP contribution in [0.2, 0.25) is 0 Å². The molecule has 0 unspecified atom stereocenters. The molecule has 4 rings (SSSR count). The molecule has 36 heavy (non-hydrogen) atoms. The zero-order valence-electron chi connectivity index (χ0n) is 20.5. The number of sulfonamides is 1. The second-order valence-electron chi connectivity index (χ2n) is 9.07. The quantitative estimate of drug-likeness (QED) is 0.446. The summed E-state index contributed by atoms with van der Waals surface area (Å²) in [4.78, 5) is 29.4. The van der Waals surface area contributed by atoms with Gasteiger partial charge in [0.1, 0.15) is 17.3 Å². The van der Waals surface area contributed by atoms with Crippen molar-refractivity contribution < 1.29 is 27.5 Å². The molecule has 1 aliphatic carbocycles. The van der Waals surface area contributed by atoms with E-state index in [1.807, 2.05) is 36.4 Å². The van der Waals surface area contributed by atoms with Gasteiger partial charge in [0.25, 0.3) is 0 Å². The number of hydrogen-bond donors (Lipinski definition) is 2. The van der Waals surface area contributed by atoms with Gasteiger partial charge >= 0.3 is 6.03 Å². The van der Waals surface area contributed by atoms with Crippen LogP contribution in [-0.2, 0) is 21.2 Å². The summed E-state index contributed by atoms with van der Waals surface area (Å²) in [6.07, 6.45) is 2.67. The fraction of sp³-hybridized carbons (Fsp3) is 0.440. The van der Waals surface area contributed by atoms with E-state index in [4.69, 9.17) is 9.47 Å². The maximum Gasteiger partial charge on any atom is 0.335 e. The minimum Gasteiger partial charge on any atom is -0.497 e. The third-order valence-corrected chi connectivity index (χ3v) is 7.51. The highest BCUT2D eigenvalue weighted by molar-refractivity contribution is 7.90. The van der Waals surface area contributed by atoms with E-state index in [1.54, 1.807) is 31.3 Å². The Hall–Kier alpha value is -3.31. The van der Waals surface area contributed by atoms with E-state index >= 15 is 0 Å². The first-order chi connectivity index (χ1) is 17.3. The Labute approximate surface area is 211 Å². The lowest BCUT2D eigenvalue weighted by Crippen LogP contribution is -2.48. The number of ether oxygens (including phenoxy) is 2. The molecule has 2 fully saturated rings. The summed E-state index contributed by atoms with van der Waals surface area (Å²) < 4.78 is 35.8. The number of rotatable bonds is 12. The lowest BCUT2D eigenvalue weighted by Gasteiger charge is -2.23. The van der Waals surface area contributed by atoms with Crippen molar-refractivity contribution in [3.8, 4) is 11.5 Å². The van der Waals surface area contributed by atoms with Gasteiger partial charge < -0.3 is 19.7 Å². The molecule has 2 aromatic rings. The number of hydrogen-bond acceptors (Lipinski definition) is 6. The number of nitrogens with zero attached hydrogens (tertiary/aromatic N) is 2. The number of hydrazine groups is 1. The molecular formula is C25H32N4O6S. The van der Waals surface area contributed by atoms with Gasteiger partial charge in [-0.3, -0.25) is 4.79 Å². The minimum absolute atomic E-state index is 0.108. The van der Waals surface area contributed by atoms with Crippen LogP contribution in [0.5, 0.6) is 11.5 Å². The molecule has 1 heterocycles. The van der Waals surface area contributed by atoms with Crippen molar-refractivity contribution >= 4 is 22.0 Å². The number of amides is 3. The molecule has 2 N–H and O–H groups in total. The van der Waals surface area contributed by atoms with E-state index in [0.29, 0.717) is 31.2 Å². The van der Waals surface area contributed by atoms with Crippen LogP contribution in [0.1, 0.15) is 30.0 Å². The molecule has 3 amide bonds. The SMILES string of the molecule is COc1ccc(CCN2C(=O)N(NS(=O)(=O)CC(=O)NCC3CC3)C[C@H]2c2ccc(OC)cc2)cc1. The first-order valence-corrected chi connectivity index (χ1v) is 13.5. The molecule has 0 spiro atoms. The van der Waals surface area contributed by atoms with Gasteiger partial charge in [0, 0.05) is 13.1 Å². The molecule has 0 aromatic heterocycles. The van der Waals surface area contributed by atoms with Crippen LogP contribution < -0.4 is 19.6 Å². The largest absolute Gasteiger partial charge is 0.497 e. The Morgan fingerprint density at radius 2 is 1.61 bits per heavy atom. The molecule has 2 aliphatic rings. The van der Waals surface area contributed by atoms with Gasteiger partial charge in [-0.2, -0.15) is 0 Å². The van der Waals surface area contributed by atoms with Crippen LogP contribution in [0.25, 0.3) is 0 Å². The Kier molecular flexibility index (Phi) is 8.00. The lowest BCUT2D eigenvalue weighted by molar-refractivity contribution is -0.118. The molecule has 1 saturated carbocycles. The van der Waals surface area contributed by atoms with Gasteiger partial charge in [-0.05, 0) is 60.6 Å². The molecular weight excluding hydrogens is 484 g/mol. The van der Waals surface area contributed by atoms with Crippen LogP contribution in [0.4, 0.5) is 4.79 Å². The summed E-state index contributed by atoms with van der Waals surface area (Å²) in [6, 6.07) is 14.1. The zero-order chi connectivity index (χ0) is 25.7. The van der Waals surface area contributed by atoms with E-state index in [2.05, 4.69) is 10.1 Å². The highest BCUT2D eigenvalue weighted by Gasteiger charge is 2.40. The summed E-state index contributed by atoms with van der Waals surface area (Å²) >= 11 is 0. The topological polar surface area (TPSA) is 117 Å². The normalized spacial score (nSPS) is 17.8. The highest BCUT2D eigenvalue weighted by Crippen LogP contribution is 2.30. The van der Waals surface area contributed by atoms with Crippen LogP contribution in [0, 0.1) is 5.92 Å². The van der Waals surface area contributed by atoms with Gasteiger partial charge in [0.2, 0.25) is 15.9 Å². The first kappa shape index (κ1) is 25.8. The Morgan fingerprint density at radius 3 is 2.19 bits per heavy atom. The van der Waals surface area contributed by atoms with Crippen molar-refractivity contribution in [3.05, 3.63) is 59.7 Å². The fourth-order valence-electron chi connectivity index (χ4n) is 4.12. The predicted molar refractivity (Wildman–Crippen MR) is 134 cm³/mol. The van der Waals surface area contributed by atoms with Crippen LogP contribution >= 0.6 is 0 Å². The van der Waals surface area contributed by atoms with Gasteiger partial charge in [-0.1, -0.05) is 24.3 Å². The third kappa shape index (κ3) is 6.67. The number of benzene rings is 2. The average Bonchev–Trinajstić information content (AvgIpc) is 3.66. The van der Waals surface area contributed by atoms with E-state index < -0.39 is 27.7 Å². The number of nitrogens with one attached hydrogen (secondary N) is 2. The number of urea groups is 1. The molecule has 1 atom stereocenters. The fourth-order valence-corrected chi connectivity index (χ4v) is 5.12. The molecule has 1 aliphatic heterocycles. The number of methoxy groups -OCH3 is 2. The van der Waals surface area contributed by atoms with Crippen molar-refractivity contribution in [2.75, 3.05) is 39.6 Å². The minimum atomic E-state index is -4.06. The first-order valence-electron chi connectivity index (χ1n) is 11.9. The second kappa shape index (κ2) is 11.2. The van der Waals surface area contributed by atoms with Crippen LogP contribution in [0.15, 0.2) is 48.5 Å². The maximum atomic E-state index is 13.3. The molecule has 1 saturated heterocycles. The van der Waals surface area contributed by atoms with Gasteiger partial charge in [-0.25, -0.2) is 18.2 Å². The summed E-state index contributed by atoms with van der Waals surface area (Å²) in [5, 5.41) is 3.72. The summed E-state index contributed by atoms with van der Waals surface area (Å²) in [5.74, 6) is 0.553. The Morgan fingerprint density at radius 1 is 1.00 bits per heavy atom. The Bertz CT molecular complexity index is 1170. The van der Waals surface area contributed by atoms with E-state index in [0.717, 1.165) is 34.7 Å². The van der Waals surface area contributed by atoms with E-state index in [-0.39, 0.29) is 12.6 Å². The summed E-state index contributed by atoms with van der Waals surface area (Å²) in [7, 11) is -0.880. The van der Waals surface area contributed by atoms with Gasteiger partial charge in [-0.15, -0.1) is 4.83 Å². The molecule has 0 bridgehead atoms. The highest BCUT2D eigenvalue weighted by atomic mass is 32.2. The predicted octanol–water partition coefficient (Wildman–Crippen LogP) is 2.09. The van der Waals surface area contributed by atoms with Crippen LogP contribution in [0.3, 0.4) is 0 Å². The zero-order valence-corrected chi connectivity index (χ0v) is 21.3. The average molecular weight is 517 g/mol. The smallest absolute Gasteiger partial charge is 0.335 e. The second-order valence-corrected chi connectivity index (χ2v) is 10.8. The molecule has 194 valence electrons. The molecule has 10 nitrogen and oxygen atoms in total. The molecule has 11 heteroatoms. The number of carbonyl (C=O) groups excluding carboxylic acids is 2. The summed E-state index contributed by atoms with van der Waals surface area (Å²) in [5.41, 5.74) is 1.87. The van der Waals surface area contributed by atoms with Crippen molar-refractivity contribution in [1.29, 1.82) is 0 Å². The van der Waals surface area contributed by atoms with Gasteiger partial charge in [0.15, 0.2) is 0 Å². The summed E-state index contributed by atoms with van der Waals surface area (Å²) in [6.45, 7) is 0.967. The van der Waals surface area contributed by atoms with Crippen molar-refractivity contribution in [1.82, 2.24) is 20.1 Å².